The van der Waals surface area contributed by atoms with Crippen molar-refractivity contribution in [3.05, 3.63) is 0 Å². The molecule has 14 heavy (non-hydrogen) atoms. The number of Topliss-reactive ketones (excluding diaryl/α,β-unsaturated/α-hetero) is 1. The van der Waals surface area contributed by atoms with Gasteiger partial charge in [0.2, 0.25) is 0 Å². The molecule has 5 nitrogen and oxygen atoms in total. The summed E-state index contributed by atoms with van der Waals surface area (Å²) in [7, 11) is 0. The van der Waals surface area contributed by atoms with Crippen molar-refractivity contribution in [1.82, 2.24) is 0 Å². The topological polar surface area (TPSA) is 70.8 Å². The molecule has 2 N–H and O–H groups in total. The molecular formula is C9H19NO4. The first-order valence-corrected chi connectivity index (χ1v) is 4.70. The second-order valence-corrected chi connectivity index (χ2v) is 2.77. The van der Waals surface area contributed by atoms with Gasteiger partial charge in [-0.2, -0.15) is 0 Å². The smallest absolute Gasteiger partial charge is 0.155 e. The summed E-state index contributed by atoms with van der Waals surface area (Å²) in [6, 6.07) is 0. The van der Waals surface area contributed by atoms with Gasteiger partial charge in [-0.3, -0.25) is 4.79 Å². The lowest BCUT2D eigenvalue weighted by Crippen LogP contribution is -2.14. The van der Waals surface area contributed by atoms with Crippen molar-refractivity contribution in [2.45, 2.75) is 6.92 Å². The van der Waals surface area contributed by atoms with E-state index in [1.807, 2.05) is 0 Å². The fourth-order valence-corrected chi connectivity index (χ4v) is 0.739. The second-order valence-electron chi connectivity index (χ2n) is 2.77. The zero-order valence-corrected chi connectivity index (χ0v) is 8.66. The molecule has 0 unspecified atom stereocenters. The summed E-state index contributed by atoms with van der Waals surface area (Å²) in [6.45, 7) is 4.74. The van der Waals surface area contributed by atoms with Crippen LogP contribution in [0.5, 0.6) is 0 Å². The third-order valence-corrected chi connectivity index (χ3v) is 1.31. The monoisotopic (exact) mass is 205 g/mol. The lowest BCUT2D eigenvalue weighted by Gasteiger charge is -2.04. The minimum Gasteiger partial charge on any atom is -0.378 e. The van der Waals surface area contributed by atoms with E-state index in [0.717, 1.165) is 0 Å². The van der Waals surface area contributed by atoms with E-state index in [4.69, 9.17) is 19.9 Å². The van der Waals surface area contributed by atoms with E-state index in [0.29, 0.717) is 39.6 Å². The summed E-state index contributed by atoms with van der Waals surface area (Å²) in [4.78, 5) is 10.5. The van der Waals surface area contributed by atoms with Gasteiger partial charge < -0.3 is 19.9 Å². The Morgan fingerprint density at radius 1 is 1.00 bits per heavy atom. The van der Waals surface area contributed by atoms with E-state index in [1.165, 1.54) is 6.92 Å². The van der Waals surface area contributed by atoms with Crippen molar-refractivity contribution in [1.29, 1.82) is 0 Å². The average molecular weight is 205 g/mol. The molecule has 0 aliphatic rings. The van der Waals surface area contributed by atoms with Gasteiger partial charge in [-0.25, -0.2) is 0 Å². The van der Waals surface area contributed by atoms with Crippen LogP contribution in [0.25, 0.3) is 0 Å². The van der Waals surface area contributed by atoms with Crippen LogP contribution in [0.1, 0.15) is 6.92 Å². The standard InChI is InChI=1S/C9H19NO4/c1-9(11)8-14-7-6-13-5-4-12-3-2-10/h2-8,10H2,1H3. The number of ether oxygens (including phenoxy) is 3. The van der Waals surface area contributed by atoms with Gasteiger partial charge in [0.05, 0.1) is 33.0 Å². The molecular weight excluding hydrogens is 186 g/mol. The zero-order chi connectivity index (χ0) is 10.6. The normalized spacial score (nSPS) is 10.4. The fourth-order valence-electron chi connectivity index (χ4n) is 0.739. The Bertz CT molecular complexity index is 141. The first-order chi connectivity index (χ1) is 6.77. The number of rotatable bonds is 10. The number of carbonyl (C=O) groups is 1. The highest BCUT2D eigenvalue weighted by Gasteiger charge is 1.93. The molecule has 0 aliphatic carbocycles. The first kappa shape index (κ1) is 13.5. The summed E-state index contributed by atoms with van der Waals surface area (Å²) in [6.07, 6.45) is 0. The van der Waals surface area contributed by atoms with Gasteiger partial charge in [0.15, 0.2) is 5.78 Å². The molecule has 84 valence electrons. The number of ketones is 1. The quantitative estimate of drug-likeness (QED) is 0.491. The Hall–Kier alpha value is -0.490. The minimum atomic E-state index is 0.0243. The van der Waals surface area contributed by atoms with Crippen LogP contribution in [0.15, 0.2) is 0 Å². The van der Waals surface area contributed by atoms with E-state index >= 15 is 0 Å². The van der Waals surface area contributed by atoms with Gasteiger partial charge in [0.25, 0.3) is 0 Å². The van der Waals surface area contributed by atoms with Gasteiger partial charge >= 0.3 is 0 Å². The molecule has 0 amide bonds. The molecule has 0 aromatic rings. The minimum absolute atomic E-state index is 0.0243. The third-order valence-electron chi connectivity index (χ3n) is 1.31. The maximum atomic E-state index is 10.5. The molecule has 0 saturated heterocycles. The number of hydrogen-bond donors (Lipinski definition) is 1. The van der Waals surface area contributed by atoms with Crippen LogP contribution >= 0.6 is 0 Å². The molecule has 5 heteroatoms. The van der Waals surface area contributed by atoms with Crippen LogP contribution in [0.2, 0.25) is 0 Å². The van der Waals surface area contributed by atoms with Crippen LogP contribution in [0, 0.1) is 0 Å². The molecule has 0 aromatic carbocycles. The summed E-state index contributed by atoms with van der Waals surface area (Å²) < 4.78 is 15.2. The number of carbonyl (C=O) groups excluding carboxylic acids is 1. The van der Waals surface area contributed by atoms with Crippen molar-refractivity contribution in [2.75, 3.05) is 46.2 Å². The van der Waals surface area contributed by atoms with Gasteiger partial charge in [0.1, 0.15) is 6.61 Å². The predicted octanol–water partition coefficient (Wildman–Crippen LogP) is -0.416. The van der Waals surface area contributed by atoms with Gasteiger partial charge in [-0.05, 0) is 6.92 Å². The Labute approximate surface area is 84.5 Å². The van der Waals surface area contributed by atoms with Crippen LogP contribution in [0.4, 0.5) is 0 Å². The third kappa shape index (κ3) is 11.5. The molecule has 0 radical (unpaired) electrons. The van der Waals surface area contributed by atoms with Gasteiger partial charge in [-0.15, -0.1) is 0 Å². The lowest BCUT2D eigenvalue weighted by molar-refractivity contribution is -0.122. The lowest BCUT2D eigenvalue weighted by atomic mass is 10.5. The predicted molar refractivity (Wildman–Crippen MR) is 52.2 cm³/mol. The van der Waals surface area contributed by atoms with Crippen molar-refractivity contribution >= 4 is 5.78 Å². The van der Waals surface area contributed by atoms with Crippen molar-refractivity contribution in [2.24, 2.45) is 5.73 Å². The largest absolute Gasteiger partial charge is 0.378 e. The molecule has 0 atom stereocenters. The Kier molecular flexibility index (Phi) is 10.2. The van der Waals surface area contributed by atoms with E-state index < -0.39 is 0 Å². The summed E-state index contributed by atoms with van der Waals surface area (Å²) in [5.41, 5.74) is 5.22. The Morgan fingerprint density at radius 3 is 2.00 bits per heavy atom. The van der Waals surface area contributed by atoms with Gasteiger partial charge in [0, 0.05) is 6.54 Å². The zero-order valence-electron chi connectivity index (χ0n) is 8.66. The fraction of sp³-hybridized carbons (Fsp3) is 0.889. The SMILES string of the molecule is CC(=O)COCCOCCOCCN. The second kappa shape index (κ2) is 10.6. The molecule has 0 saturated carbocycles. The molecule has 0 bridgehead atoms. The van der Waals surface area contributed by atoms with E-state index in [-0.39, 0.29) is 12.4 Å². The van der Waals surface area contributed by atoms with Crippen molar-refractivity contribution < 1.29 is 19.0 Å². The van der Waals surface area contributed by atoms with Crippen LogP contribution in [0.3, 0.4) is 0 Å². The maximum Gasteiger partial charge on any atom is 0.155 e. The number of hydrogen-bond acceptors (Lipinski definition) is 5. The molecule has 0 rings (SSSR count). The Morgan fingerprint density at radius 2 is 1.50 bits per heavy atom. The molecule has 0 aromatic heterocycles. The highest BCUT2D eigenvalue weighted by molar-refractivity contribution is 5.76. The van der Waals surface area contributed by atoms with Crippen molar-refractivity contribution in [3.8, 4) is 0 Å². The van der Waals surface area contributed by atoms with Crippen LogP contribution in [-0.4, -0.2) is 52.0 Å². The maximum absolute atomic E-state index is 10.5. The summed E-state index contributed by atoms with van der Waals surface area (Å²) >= 11 is 0. The van der Waals surface area contributed by atoms with Crippen molar-refractivity contribution in [3.63, 3.8) is 0 Å². The summed E-state index contributed by atoms with van der Waals surface area (Å²) in [5.74, 6) is 0.0243. The van der Waals surface area contributed by atoms with E-state index in [1.54, 1.807) is 0 Å². The summed E-state index contributed by atoms with van der Waals surface area (Å²) in [5, 5.41) is 0. The molecule has 0 heterocycles. The van der Waals surface area contributed by atoms with E-state index in [2.05, 4.69) is 0 Å². The van der Waals surface area contributed by atoms with E-state index in [9.17, 15) is 4.79 Å². The van der Waals surface area contributed by atoms with Crippen LogP contribution in [-0.2, 0) is 19.0 Å². The molecule has 0 aliphatic heterocycles. The highest BCUT2D eigenvalue weighted by Crippen LogP contribution is 1.81. The van der Waals surface area contributed by atoms with Crippen LogP contribution < -0.4 is 5.73 Å². The van der Waals surface area contributed by atoms with Gasteiger partial charge in [-0.1, -0.05) is 0 Å². The Balaban J connectivity index is 2.88. The average Bonchev–Trinajstić information content (AvgIpc) is 2.15. The molecule has 0 spiro atoms. The number of nitrogens with two attached hydrogens (primary N) is 1. The molecule has 0 fully saturated rings. The highest BCUT2D eigenvalue weighted by atomic mass is 16.5. The first-order valence-electron chi connectivity index (χ1n) is 4.70.